The summed E-state index contributed by atoms with van der Waals surface area (Å²) in [5.41, 5.74) is 9.69. The minimum atomic E-state index is -0.762. The first-order valence-electron chi connectivity index (χ1n) is 4.10. The third kappa shape index (κ3) is 2.64. The molecule has 74 valence electrons. The molecule has 1 unspecified atom stereocenters. The maximum Gasteiger partial charge on any atom is 0.0846 e. The molecule has 1 aromatic carbocycles. The smallest absolute Gasteiger partial charge is 0.0846 e. The Kier molecular flexibility index (Phi) is 3.77. The Labute approximate surface area is 86.8 Å². The molecular weight excluding hydrogens is 202 g/mol. The first-order chi connectivity index (χ1) is 6.65. The normalized spacial score (nSPS) is 11.9. The first kappa shape index (κ1) is 10.9. The van der Waals surface area contributed by atoms with Crippen LogP contribution in [0.2, 0.25) is 5.02 Å². The predicted molar refractivity (Wildman–Crippen MR) is 55.2 cm³/mol. The summed E-state index contributed by atoms with van der Waals surface area (Å²) in [5, 5.41) is 13.5. The van der Waals surface area contributed by atoms with E-state index in [0.717, 1.165) is 5.56 Å². The maximum absolute atomic E-state index is 9.56. The van der Waals surface area contributed by atoms with Crippen LogP contribution in [0, 0.1) is 6.92 Å². The van der Waals surface area contributed by atoms with Gasteiger partial charge in [0.05, 0.1) is 12.6 Å². The lowest BCUT2D eigenvalue weighted by molar-refractivity contribution is 0.186. The van der Waals surface area contributed by atoms with Crippen molar-refractivity contribution in [3.8, 4) is 0 Å². The maximum atomic E-state index is 9.56. The lowest BCUT2D eigenvalue weighted by atomic mass is 10.1. The molecule has 0 saturated heterocycles. The first-order valence-corrected chi connectivity index (χ1v) is 4.48. The van der Waals surface area contributed by atoms with Crippen LogP contribution in [-0.4, -0.2) is 11.7 Å². The highest BCUT2D eigenvalue weighted by molar-refractivity contribution is 6.31. The lowest BCUT2D eigenvalue weighted by Gasteiger charge is -2.08. The van der Waals surface area contributed by atoms with Crippen molar-refractivity contribution < 1.29 is 5.11 Å². The second kappa shape index (κ2) is 4.86. The quantitative estimate of drug-likeness (QED) is 0.466. The average Bonchev–Trinajstić information content (AvgIpc) is 2.18. The number of azide groups is 1. The van der Waals surface area contributed by atoms with Gasteiger partial charge in [-0.25, -0.2) is 0 Å². The standard InChI is InChI=1S/C9H10ClN3O/c1-6-4-7(2-3-8(6)10)9(14)5-12-13-11/h2-4,9,14H,5H2,1H3. The second-order valence-corrected chi connectivity index (χ2v) is 3.35. The van der Waals surface area contributed by atoms with Gasteiger partial charge in [0.25, 0.3) is 0 Å². The predicted octanol–water partition coefficient (Wildman–Crippen LogP) is 2.99. The van der Waals surface area contributed by atoms with Gasteiger partial charge >= 0.3 is 0 Å². The number of aliphatic hydroxyl groups is 1. The van der Waals surface area contributed by atoms with E-state index in [1.54, 1.807) is 18.2 Å². The summed E-state index contributed by atoms with van der Waals surface area (Å²) in [6.07, 6.45) is -0.762. The van der Waals surface area contributed by atoms with Crippen molar-refractivity contribution >= 4 is 11.6 Å². The topological polar surface area (TPSA) is 69.0 Å². The summed E-state index contributed by atoms with van der Waals surface area (Å²) in [4.78, 5) is 2.58. The summed E-state index contributed by atoms with van der Waals surface area (Å²) < 4.78 is 0. The molecule has 0 radical (unpaired) electrons. The summed E-state index contributed by atoms with van der Waals surface area (Å²) in [6.45, 7) is 1.89. The summed E-state index contributed by atoms with van der Waals surface area (Å²) in [5.74, 6) is 0. The van der Waals surface area contributed by atoms with E-state index in [0.29, 0.717) is 10.6 Å². The number of nitrogens with zero attached hydrogens (tertiary/aromatic N) is 3. The highest BCUT2D eigenvalue weighted by Gasteiger charge is 2.06. The molecule has 0 spiro atoms. The number of halogens is 1. The molecule has 1 N–H and O–H groups in total. The lowest BCUT2D eigenvalue weighted by Crippen LogP contribution is -2.00. The van der Waals surface area contributed by atoms with Crippen molar-refractivity contribution in [1.82, 2.24) is 0 Å². The molecule has 0 aliphatic heterocycles. The van der Waals surface area contributed by atoms with Crippen LogP contribution < -0.4 is 0 Å². The molecular formula is C9H10ClN3O. The van der Waals surface area contributed by atoms with Gasteiger partial charge in [0.1, 0.15) is 0 Å². The molecule has 0 fully saturated rings. The zero-order chi connectivity index (χ0) is 10.6. The van der Waals surface area contributed by atoms with Gasteiger partial charge < -0.3 is 5.11 Å². The Morgan fingerprint density at radius 3 is 2.93 bits per heavy atom. The van der Waals surface area contributed by atoms with Crippen molar-refractivity contribution in [2.75, 3.05) is 6.54 Å². The van der Waals surface area contributed by atoms with Gasteiger partial charge in [-0.1, -0.05) is 28.8 Å². The Balaban J connectivity index is 2.85. The zero-order valence-electron chi connectivity index (χ0n) is 7.68. The molecule has 1 aromatic rings. The van der Waals surface area contributed by atoms with Crippen LogP contribution in [0.15, 0.2) is 23.3 Å². The van der Waals surface area contributed by atoms with Crippen LogP contribution in [-0.2, 0) is 0 Å². The molecule has 1 rings (SSSR count). The van der Waals surface area contributed by atoms with E-state index >= 15 is 0 Å². The molecule has 14 heavy (non-hydrogen) atoms. The highest BCUT2D eigenvalue weighted by Crippen LogP contribution is 2.20. The van der Waals surface area contributed by atoms with Crippen LogP contribution in [0.25, 0.3) is 10.4 Å². The Morgan fingerprint density at radius 2 is 2.36 bits per heavy atom. The van der Waals surface area contributed by atoms with Gasteiger partial charge in [0.2, 0.25) is 0 Å². The van der Waals surface area contributed by atoms with Crippen LogP contribution in [0.5, 0.6) is 0 Å². The van der Waals surface area contributed by atoms with E-state index < -0.39 is 6.10 Å². The third-order valence-electron chi connectivity index (χ3n) is 1.88. The minimum Gasteiger partial charge on any atom is -0.388 e. The van der Waals surface area contributed by atoms with Crippen molar-refractivity contribution in [1.29, 1.82) is 0 Å². The number of aliphatic hydroxyl groups excluding tert-OH is 1. The molecule has 0 amide bonds. The van der Waals surface area contributed by atoms with Crippen LogP contribution in [0.3, 0.4) is 0 Å². The summed E-state index contributed by atoms with van der Waals surface area (Å²) >= 11 is 5.83. The van der Waals surface area contributed by atoms with E-state index in [1.165, 1.54) is 0 Å². The molecule has 0 saturated carbocycles. The van der Waals surface area contributed by atoms with Crippen LogP contribution in [0.4, 0.5) is 0 Å². The number of rotatable bonds is 3. The number of hydrogen-bond acceptors (Lipinski definition) is 2. The molecule has 0 aliphatic carbocycles. The van der Waals surface area contributed by atoms with Gasteiger partial charge in [-0.05, 0) is 29.6 Å². The molecule has 0 bridgehead atoms. The summed E-state index contributed by atoms with van der Waals surface area (Å²) in [7, 11) is 0. The van der Waals surface area contributed by atoms with Crippen molar-refractivity contribution in [3.05, 3.63) is 44.8 Å². The van der Waals surface area contributed by atoms with E-state index in [-0.39, 0.29) is 6.54 Å². The molecule has 0 aromatic heterocycles. The Morgan fingerprint density at radius 1 is 1.64 bits per heavy atom. The van der Waals surface area contributed by atoms with Gasteiger partial charge in [-0.3, -0.25) is 0 Å². The fourth-order valence-corrected chi connectivity index (χ4v) is 1.21. The molecule has 0 aliphatic rings. The largest absolute Gasteiger partial charge is 0.388 e. The van der Waals surface area contributed by atoms with Gasteiger partial charge in [-0.15, -0.1) is 0 Å². The van der Waals surface area contributed by atoms with Gasteiger partial charge in [0, 0.05) is 9.93 Å². The fourth-order valence-electron chi connectivity index (χ4n) is 1.09. The van der Waals surface area contributed by atoms with Crippen molar-refractivity contribution in [2.45, 2.75) is 13.0 Å². The van der Waals surface area contributed by atoms with E-state index in [4.69, 9.17) is 17.1 Å². The monoisotopic (exact) mass is 211 g/mol. The second-order valence-electron chi connectivity index (χ2n) is 2.94. The average molecular weight is 212 g/mol. The van der Waals surface area contributed by atoms with Crippen LogP contribution >= 0.6 is 11.6 Å². The van der Waals surface area contributed by atoms with E-state index in [1.807, 2.05) is 6.92 Å². The van der Waals surface area contributed by atoms with Crippen molar-refractivity contribution in [2.24, 2.45) is 5.11 Å². The van der Waals surface area contributed by atoms with Gasteiger partial charge in [-0.2, -0.15) is 0 Å². The fraction of sp³-hybridized carbons (Fsp3) is 0.333. The number of hydrogen-bond donors (Lipinski definition) is 1. The number of benzene rings is 1. The highest BCUT2D eigenvalue weighted by atomic mass is 35.5. The van der Waals surface area contributed by atoms with Crippen molar-refractivity contribution in [3.63, 3.8) is 0 Å². The molecule has 4 nitrogen and oxygen atoms in total. The number of aryl methyl sites for hydroxylation is 1. The van der Waals surface area contributed by atoms with E-state index in [9.17, 15) is 5.11 Å². The zero-order valence-corrected chi connectivity index (χ0v) is 8.44. The molecule has 1 atom stereocenters. The van der Waals surface area contributed by atoms with Crippen LogP contribution in [0.1, 0.15) is 17.2 Å². The van der Waals surface area contributed by atoms with Gasteiger partial charge in [0.15, 0.2) is 0 Å². The van der Waals surface area contributed by atoms with E-state index in [2.05, 4.69) is 10.0 Å². The summed E-state index contributed by atoms with van der Waals surface area (Å²) in [6, 6.07) is 5.21. The third-order valence-corrected chi connectivity index (χ3v) is 2.31. The minimum absolute atomic E-state index is 0.0393. The molecule has 5 heteroatoms. The Hall–Kier alpha value is -1.22. The Bertz CT molecular complexity index is 374. The molecule has 0 heterocycles. The SMILES string of the molecule is Cc1cc(C(O)CN=[N+]=[N-])ccc1Cl.